The van der Waals surface area contributed by atoms with Crippen molar-refractivity contribution in [3.8, 4) is 11.6 Å². The Morgan fingerprint density at radius 3 is 2.61 bits per heavy atom. The van der Waals surface area contributed by atoms with Crippen molar-refractivity contribution in [2.75, 3.05) is 34.8 Å². The summed E-state index contributed by atoms with van der Waals surface area (Å²) in [5.41, 5.74) is 3.72. The number of carbonyl (C=O) groups excluding carboxylic acids is 1. The zero-order valence-corrected chi connectivity index (χ0v) is 20.5. The SMILES string of the molecule is Cc1nnn(-c2ccc(C(F)F)cc2)c1COc1ccc(N2CCN3c4ccccc4NC(=O)[C@@H]3C2)nn1. The van der Waals surface area contributed by atoms with Crippen molar-refractivity contribution in [2.45, 2.75) is 26.0 Å². The molecule has 1 fully saturated rings. The van der Waals surface area contributed by atoms with Crippen LogP contribution in [0.5, 0.6) is 5.88 Å². The number of carbonyl (C=O) groups is 1. The average molecular weight is 519 g/mol. The van der Waals surface area contributed by atoms with E-state index >= 15 is 0 Å². The van der Waals surface area contributed by atoms with Crippen LogP contribution in [-0.2, 0) is 11.4 Å². The van der Waals surface area contributed by atoms with Gasteiger partial charge in [-0.1, -0.05) is 29.5 Å². The highest BCUT2D eigenvalue weighted by atomic mass is 19.3. The van der Waals surface area contributed by atoms with Gasteiger partial charge in [0.15, 0.2) is 5.82 Å². The minimum atomic E-state index is -2.54. The quantitative estimate of drug-likeness (QED) is 0.414. The Morgan fingerprint density at radius 2 is 1.84 bits per heavy atom. The van der Waals surface area contributed by atoms with Gasteiger partial charge in [0, 0.05) is 31.3 Å². The van der Waals surface area contributed by atoms with E-state index in [1.807, 2.05) is 35.2 Å². The predicted octanol–water partition coefficient (Wildman–Crippen LogP) is 3.53. The molecule has 4 aromatic rings. The fourth-order valence-corrected chi connectivity index (χ4v) is 4.76. The normalized spacial score (nSPS) is 16.7. The number of amides is 1. The number of benzene rings is 2. The fourth-order valence-electron chi connectivity index (χ4n) is 4.76. The maximum Gasteiger partial charge on any atom is 0.263 e. The van der Waals surface area contributed by atoms with E-state index in [0.29, 0.717) is 48.4 Å². The molecule has 12 heteroatoms. The molecule has 38 heavy (non-hydrogen) atoms. The van der Waals surface area contributed by atoms with Gasteiger partial charge in [0.25, 0.3) is 6.43 Å². The molecule has 1 amide bonds. The van der Waals surface area contributed by atoms with Crippen LogP contribution in [-0.4, -0.2) is 56.8 Å². The van der Waals surface area contributed by atoms with Crippen molar-refractivity contribution in [2.24, 2.45) is 0 Å². The molecule has 2 aliphatic heterocycles. The molecule has 2 aromatic heterocycles. The van der Waals surface area contributed by atoms with Gasteiger partial charge >= 0.3 is 0 Å². The Hall–Kier alpha value is -4.61. The van der Waals surface area contributed by atoms with Gasteiger partial charge in [0.1, 0.15) is 18.3 Å². The van der Waals surface area contributed by atoms with Crippen molar-refractivity contribution in [3.05, 3.63) is 77.6 Å². The minimum absolute atomic E-state index is 0.0363. The Morgan fingerprint density at radius 1 is 1.03 bits per heavy atom. The van der Waals surface area contributed by atoms with E-state index in [0.717, 1.165) is 11.4 Å². The molecule has 0 spiro atoms. The van der Waals surface area contributed by atoms with Crippen molar-refractivity contribution in [1.29, 1.82) is 0 Å². The lowest BCUT2D eigenvalue weighted by Crippen LogP contribution is -2.60. The Kier molecular flexibility index (Phi) is 6.06. The summed E-state index contributed by atoms with van der Waals surface area (Å²) in [6, 6.07) is 16.9. The standard InChI is InChI=1S/C26H24F2N8O2/c1-16-22(36(33-30-16)18-8-6-17(7-9-18)25(27)28)15-38-24-11-10-23(31-32-24)34-12-13-35-20-5-3-2-4-19(20)29-26(37)21(35)14-34/h2-11,21,25H,12-15H2,1H3,(H,29,37)/t21-/m0/s1. The first-order valence-electron chi connectivity index (χ1n) is 12.2. The van der Waals surface area contributed by atoms with Gasteiger partial charge < -0.3 is 19.9 Å². The molecule has 10 nitrogen and oxygen atoms in total. The van der Waals surface area contributed by atoms with Gasteiger partial charge in [-0.05, 0) is 37.3 Å². The topological polar surface area (TPSA) is 101 Å². The first-order chi connectivity index (χ1) is 18.5. The number of rotatable bonds is 6. The van der Waals surface area contributed by atoms with Crippen LogP contribution in [0.4, 0.5) is 26.0 Å². The number of alkyl halides is 2. The molecule has 2 aliphatic rings. The molecule has 0 saturated carbocycles. The smallest absolute Gasteiger partial charge is 0.263 e. The summed E-state index contributed by atoms with van der Waals surface area (Å²) in [6.07, 6.45) is -2.54. The lowest BCUT2D eigenvalue weighted by molar-refractivity contribution is -0.117. The highest BCUT2D eigenvalue weighted by Gasteiger charge is 2.37. The van der Waals surface area contributed by atoms with Gasteiger partial charge in [0.05, 0.1) is 22.8 Å². The molecule has 4 heterocycles. The second kappa shape index (κ2) is 9.69. The van der Waals surface area contributed by atoms with Gasteiger partial charge in [-0.3, -0.25) is 4.79 Å². The van der Waals surface area contributed by atoms with Crippen LogP contribution in [0.2, 0.25) is 0 Å². The molecule has 1 saturated heterocycles. The van der Waals surface area contributed by atoms with E-state index in [-0.39, 0.29) is 24.1 Å². The third-order valence-electron chi connectivity index (χ3n) is 6.81. The highest BCUT2D eigenvalue weighted by Crippen LogP contribution is 2.34. The van der Waals surface area contributed by atoms with Crippen LogP contribution < -0.4 is 19.9 Å². The number of aromatic nitrogens is 5. The van der Waals surface area contributed by atoms with Crippen molar-refractivity contribution < 1.29 is 18.3 Å². The second-order valence-corrected chi connectivity index (χ2v) is 9.11. The average Bonchev–Trinajstić information content (AvgIpc) is 3.32. The Labute approximate surface area is 216 Å². The van der Waals surface area contributed by atoms with E-state index in [2.05, 4.69) is 30.7 Å². The van der Waals surface area contributed by atoms with Crippen LogP contribution in [0.3, 0.4) is 0 Å². The van der Waals surface area contributed by atoms with Crippen LogP contribution in [0.1, 0.15) is 23.4 Å². The summed E-state index contributed by atoms with van der Waals surface area (Å²) in [6.45, 7) is 3.78. The molecular weight excluding hydrogens is 494 g/mol. The Balaban J connectivity index is 1.12. The van der Waals surface area contributed by atoms with E-state index in [1.165, 1.54) is 12.1 Å². The number of anilines is 3. The summed E-state index contributed by atoms with van der Waals surface area (Å²) in [5.74, 6) is 0.938. The molecule has 1 atom stereocenters. The molecule has 0 unspecified atom stereocenters. The second-order valence-electron chi connectivity index (χ2n) is 9.11. The summed E-state index contributed by atoms with van der Waals surface area (Å²) in [5, 5.41) is 19.8. The first kappa shape index (κ1) is 23.8. The minimum Gasteiger partial charge on any atom is -0.470 e. The first-order valence-corrected chi connectivity index (χ1v) is 12.2. The molecule has 1 N–H and O–H groups in total. The number of halogens is 2. The third kappa shape index (κ3) is 4.38. The van der Waals surface area contributed by atoms with E-state index < -0.39 is 6.43 Å². The molecule has 0 radical (unpaired) electrons. The third-order valence-corrected chi connectivity index (χ3v) is 6.81. The maximum atomic E-state index is 12.9. The number of hydrogen-bond acceptors (Lipinski definition) is 8. The summed E-state index contributed by atoms with van der Waals surface area (Å²) in [4.78, 5) is 16.9. The molecule has 0 bridgehead atoms. The Bertz CT molecular complexity index is 1460. The van der Waals surface area contributed by atoms with E-state index in [4.69, 9.17) is 4.74 Å². The van der Waals surface area contributed by atoms with Gasteiger partial charge in [0.2, 0.25) is 11.8 Å². The van der Waals surface area contributed by atoms with Gasteiger partial charge in [-0.2, -0.15) is 0 Å². The van der Waals surface area contributed by atoms with Crippen LogP contribution in [0, 0.1) is 6.92 Å². The van der Waals surface area contributed by atoms with Gasteiger partial charge in [-0.25, -0.2) is 13.5 Å². The lowest BCUT2D eigenvalue weighted by atomic mass is 10.0. The number of nitrogens with one attached hydrogen (secondary N) is 1. The number of ether oxygens (including phenoxy) is 1. The number of aryl methyl sites for hydroxylation is 1. The number of fused-ring (bicyclic) bond motifs is 3. The number of para-hydroxylation sites is 2. The molecule has 194 valence electrons. The summed E-state index contributed by atoms with van der Waals surface area (Å²) in [7, 11) is 0. The van der Waals surface area contributed by atoms with Gasteiger partial charge in [-0.15, -0.1) is 15.3 Å². The molecule has 2 aromatic carbocycles. The molecular formula is C26H24F2N8O2. The van der Waals surface area contributed by atoms with E-state index in [9.17, 15) is 13.6 Å². The zero-order chi connectivity index (χ0) is 26.2. The number of hydrogen-bond donors (Lipinski definition) is 1. The molecule has 6 rings (SSSR count). The summed E-state index contributed by atoms with van der Waals surface area (Å²) < 4.78 is 33.2. The van der Waals surface area contributed by atoms with Crippen LogP contribution in [0.25, 0.3) is 5.69 Å². The van der Waals surface area contributed by atoms with E-state index in [1.54, 1.807) is 29.8 Å². The van der Waals surface area contributed by atoms with Crippen molar-refractivity contribution >= 4 is 23.1 Å². The monoisotopic (exact) mass is 518 g/mol. The zero-order valence-electron chi connectivity index (χ0n) is 20.5. The largest absolute Gasteiger partial charge is 0.470 e. The lowest BCUT2D eigenvalue weighted by Gasteiger charge is -2.45. The predicted molar refractivity (Wildman–Crippen MR) is 136 cm³/mol. The maximum absolute atomic E-state index is 12.9. The fraction of sp³-hybridized carbons (Fsp3) is 0.269. The van der Waals surface area contributed by atoms with Crippen LogP contribution in [0.15, 0.2) is 60.7 Å². The number of piperazine rings is 1. The molecule has 0 aliphatic carbocycles. The van der Waals surface area contributed by atoms with Crippen molar-refractivity contribution in [1.82, 2.24) is 25.2 Å². The van der Waals surface area contributed by atoms with Crippen LogP contribution >= 0.6 is 0 Å². The summed E-state index contributed by atoms with van der Waals surface area (Å²) >= 11 is 0. The number of nitrogens with zero attached hydrogens (tertiary/aromatic N) is 7. The highest BCUT2D eigenvalue weighted by molar-refractivity contribution is 6.04. The van der Waals surface area contributed by atoms with Crippen molar-refractivity contribution in [3.63, 3.8) is 0 Å².